The predicted octanol–water partition coefficient (Wildman–Crippen LogP) is 0.405. The quantitative estimate of drug-likeness (QED) is 0.707. The van der Waals surface area contributed by atoms with Crippen LogP contribution in [0.15, 0.2) is 12.3 Å². The first-order valence-corrected chi connectivity index (χ1v) is 5.36. The molecule has 2 rings (SSSR count). The van der Waals surface area contributed by atoms with E-state index in [0.29, 0.717) is 5.82 Å². The molecule has 2 amide bonds. The summed E-state index contributed by atoms with van der Waals surface area (Å²) in [7, 11) is 1.73. The molecule has 1 saturated carbocycles. The van der Waals surface area contributed by atoms with E-state index in [1.54, 1.807) is 24.0 Å². The summed E-state index contributed by atoms with van der Waals surface area (Å²) in [6.45, 7) is 0. The maximum Gasteiger partial charge on any atom is 0.326 e. The van der Waals surface area contributed by atoms with Crippen LogP contribution in [0.3, 0.4) is 0 Å². The van der Waals surface area contributed by atoms with Crippen molar-refractivity contribution < 1.29 is 14.7 Å². The van der Waals surface area contributed by atoms with Crippen LogP contribution >= 0.6 is 0 Å². The number of amides is 2. The first kappa shape index (κ1) is 11.4. The highest BCUT2D eigenvalue weighted by atomic mass is 16.4. The van der Waals surface area contributed by atoms with E-state index in [1.807, 2.05) is 0 Å². The molecule has 7 heteroatoms. The highest BCUT2D eigenvalue weighted by Gasteiger charge is 2.37. The van der Waals surface area contributed by atoms with Gasteiger partial charge in [-0.15, -0.1) is 0 Å². The smallest absolute Gasteiger partial charge is 0.326 e. The van der Waals surface area contributed by atoms with Gasteiger partial charge in [0.25, 0.3) is 0 Å². The minimum absolute atomic E-state index is 0.0574. The van der Waals surface area contributed by atoms with E-state index in [9.17, 15) is 9.59 Å². The third-order valence-corrected chi connectivity index (χ3v) is 2.60. The first-order valence-electron chi connectivity index (χ1n) is 5.36. The summed E-state index contributed by atoms with van der Waals surface area (Å²) in [4.78, 5) is 22.4. The molecular formula is C10H14N4O3. The van der Waals surface area contributed by atoms with Gasteiger partial charge in [-0.05, 0) is 18.8 Å². The topological polar surface area (TPSA) is 96.2 Å². The number of urea groups is 1. The van der Waals surface area contributed by atoms with E-state index in [-0.39, 0.29) is 5.92 Å². The van der Waals surface area contributed by atoms with Gasteiger partial charge in [0, 0.05) is 19.3 Å². The van der Waals surface area contributed by atoms with Crippen LogP contribution < -0.4 is 10.6 Å². The minimum atomic E-state index is -0.997. The van der Waals surface area contributed by atoms with Gasteiger partial charge in [0.15, 0.2) is 5.82 Å². The summed E-state index contributed by atoms with van der Waals surface area (Å²) < 4.78 is 1.55. The van der Waals surface area contributed by atoms with Gasteiger partial charge in [0.05, 0.1) is 0 Å². The van der Waals surface area contributed by atoms with Crippen molar-refractivity contribution in [1.82, 2.24) is 15.1 Å². The van der Waals surface area contributed by atoms with Crippen LogP contribution in [-0.4, -0.2) is 32.9 Å². The molecule has 17 heavy (non-hydrogen) atoms. The number of rotatable bonds is 4. The van der Waals surface area contributed by atoms with Crippen LogP contribution in [0, 0.1) is 5.92 Å². The van der Waals surface area contributed by atoms with Gasteiger partial charge in [-0.2, -0.15) is 5.10 Å². The Morgan fingerprint density at radius 1 is 1.59 bits per heavy atom. The number of hydrogen-bond acceptors (Lipinski definition) is 3. The van der Waals surface area contributed by atoms with E-state index >= 15 is 0 Å². The SMILES string of the molecule is Cn1ccc(NC(=O)NC(C(=O)O)C2CC2)n1. The third kappa shape index (κ3) is 2.96. The van der Waals surface area contributed by atoms with Crippen LogP contribution in [0.1, 0.15) is 12.8 Å². The zero-order valence-electron chi connectivity index (χ0n) is 9.38. The molecule has 0 aliphatic heterocycles. The van der Waals surface area contributed by atoms with Crippen LogP contribution in [0.25, 0.3) is 0 Å². The lowest BCUT2D eigenvalue weighted by Gasteiger charge is -2.13. The average Bonchev–Trinajstić information content (AvgIpc) is 3.00. The molecule has 92 valence electrons. The Morgan fingerprint density at radius 3 is 2.76 bits per heavy atom. The normalized spacial score (nSPS) is 16.3. The summed E-state index contributed by atoms with van der Waals surface area (Å²) in [5.41, 5.74) is 0. The molecule has 1 atom stereocenters. The van der Waals surface area contributed by atoms with Crippen LogP contribution in [-0.2, 0) is 11.8 Å². The molecule has 1 heterocycles. The molecule has 1 aliphatic carbocycles. The number of carbonyl (C=O) groups is 2. The minimum Gasteiger partial charge on any atom is -0.480 e. The number of nitrogens with one attached hydrogen (secondary N) is 2. The molecule has 3 N–H and O–H groups in total. The fourth-order valence-corrected chi connectivity index (χ4v) is 1.59. The number of nitrogens with zero attached hydrogens (tertiary/aromatic N) is 2. The predicted molar refractivity (Wildman–Crippen MR) is 59.5 cm³/mol. The number of aromatic nitrogens is 2. The number of aliphatic carboxylic acids is 1. The van der Waals surface area contributed by atoms with Crippen LogP contribution in [0.4, 0.5) is 10.6 Å². The maximum atomic E-state index is 11.5. The van der Waals surface area contributed by atoms with Crippen molar-refractivity contribution >= 4 is 17.8 Å². The summed E-state index contributed by atoms with van der Waals surface area (Å²) in [5, 5.41) is 17.8. The zero-order chi connectivity index (χ0) is 12.4. The zero-order valence-corrected chi connectivity index (χ0v) is 9.38. The standard InChI is InChI=1S/C10H14N4O3/c1-14-5-4-7(13-14)11-10(17)12-8(9(15)16)6-2-3-6/h4-6,8H,2-3H2,1H3,(H,15,16)(H2,11,12,13,17). The second-order valence-corrected chi connectivity index (χ2v) is 4.13. The van der Waals surface area contributed by atoms with Crippen molar-refractivity contribution in [3.8, 4) is 0 Å². The summed E-state index contributed by atoms with van der Waals surface area (Å²) in [5.74, 6) is -0.546. The van der Waals surface area contributed by atoms with E-state index in [1.165, 1.54) is 0 Å². The van der Waals surface area contributed by atoms with Gasteiger partial charge >= 0.3 is 12.0 Å². The van der Waals surface area contributed by atoms with Gasteiger partial charge < -0.3 is 10.4 Å². The molecule has 1 unspecified atom stereocenters. The second-order valence-electron chi connectivity index (χ2n) is 4.13. The van der Waals surface area contributed by atoms with E-state index in [2.05, 4.69) is 15.7 Å². The Bertz CT molecular complexity index is 439. The highest BCUT2D eigenvalue weighted by molar-refractivity contribution is 5.91. The lowest BCUT2D eigenvalue weighted by molar-refractivity contribution is -0.139. The van der Waals surface area contributed by atoms with Crippen molar-refractivity contribution in [3.63, 3.8) is 0 Å². The number of carboxylic acids is 1. The Morgan fingerprint density at radius 2 is 2.29 bits per heavy atom. The number of aryl methyl sites for hydroxylation is 1. The van der Waals surface area contributed by atoms with Crippen molar-refractivity contribution in [3.05, 3.63) is 12.3 Å². The number of anilines is 1. The van der Waals surface area contributed by atoms with E-state index < -0.39 is 18.0 Å². The number of hydrogen-bond donors (Lipinski definition) is 3. The Balaban J connectivity index is 1.89. The van der Waals surface area contributed by atoms with Gasteiger partial charge in [-0.25, -0.2) is 9.59 Å². The van der Waals surface area contributed by atoms with Crippen LogP contribution in [0.2, 0.25) is 0 Å². The molecule has 0 saturated heterocycles. The van der Waals surface area contributed by atoms with Gasteiger partial charge in [-0.3, -0.25) is 10.00 Å². The fraction of sp³-hybridized carbons (Fsp3) is 0.500. The summed E-state index contributed by atoms with van der Waals surface area (Å²) >= 11 is 0. The average molecular weight is 238 g/mol. The molecule has 1 aromatic heterocycles. The van der Waals surface area contributed by atoms with Crippen molar-refractivity contribution in [1.29, 1.82) is 0 Å². The Hall–Kier alpha value is -2.05. The molecule has 0 spiro atoms. The molecule has 1 aliphatic rings. The third-order valence-electron chi connectivity index (χ3n) is 2.60. The molecule has 0 radical (unpaired) electrons. The first-order chi connectivity index (χ1) is 8.06. The number of carbonyl (C=O) groups excluding carboxylic acids is 1. The largest absolute Gasteiger partial charge is 0.480 e. The monoisotopic (exact) mass is 238 g/mol. The van der Waals surface area contributed by atoms with Crippen molar-refractivity contribution in [2.24, 2.45) is 13.0 Å². The molecular weight excluding hydrogens is 224 g/mol. The highest BCUT2D eigenvalue weighted by Crippen LogP contribution is 2.32. The Labute approximate surface area is 97.8 Å². The van der Waals surface area contributed by atoms with Crippen molar-refractivity contribution in [2.45, 2.75) is 18.9 Å². The van der Waals surface area contributed by atoms with Gasteiger partial charge in [0.1, 0.15) is 6.04 Å². The van der Waals surface area contributed by atoms with Gasteiger partial charge in [0.2, 0.25) is 0 Å². The Kier molecular flexibility index (Phi) is 2.99. The van der Waals surface area contributed by atoms with E-state index in [4.69, 9.17) is 5.11 Å². The molecule has 1 aromatic rings. The molecule has 7 nitrogen and oxygen atoms in total. The lowest BCUT2D eigenvalue weighted by Crippen LogP contribution is -2.44. The second kappa shape index (κ2) is 4.44. The van der Waals surface area contributed by atoms with Crippen molar-refractivity contribution in [2.75, 3.05) is 5.32 Å². The fourth-order valence-electron chi connectivity index (χ4n) is 1.59. The van der Waals surface area contributed by atoms with Crippen LogP contribution in [0.5, 0.6) is 0 Å². The lowest BCUT2D eigenvalue weighted by atomic mass is 10.2. The summed E-state index contributed by atoms with van der Waals surface area (Å²) in [6, 6.07) is 0.286. The summed E-state index contributed by atoms with van der Waals surface area (Å²) in [6.07, 6.45) is 3.38. The molecule has 0 bridgehead atoms. The maximum absolute atomic E-state index is 11.5. The molecule has 0 aromatic carbocycles. The number of carboxylic acid groups (broad SMARTS) is 1. The van der Waals surface area contributed by atoms with E-state index in [0.717, 1.165) is 12.8 Å². The molecule has 1 fully saturated rings. The van der Waals surface area contributed by atoms with Gasteiger partial charge in [-0.1, -0.05) is 0 Å².